The monoisotopic (exact) mass is 213 g/mol. The number of aromatic amines is 1. The topological polar surface area (TPSA) is 15.8 Å². The lowest BCUT2D eigenvalue weighted by Crippen LogP contribution is -2.16. The van der Waals surface area contributed by atoms with Crippen molar-refractivity contribution in [3.05, 3.63) is 36.0 Å². The van der Waals surface area contributed by atoms with Gasteiger partial charge in [-0.2, -0.15) is 0 Å². The van der Waals surface area contributed by atoms with Crippen molar-refractivity contribution in [1.82, 2.24) is 4.98 Å². The van der Waals surface area contributed by atoms with Crippen molar-refractivity contribution in [2.24, 2.45) is 0 Å². The molecule has 2 rings (SSSR count). The predicted molar refractivity (Wildman–Crippen MR) is 68.5 cm³/mol. The molecule has 1 heterocycles. The Morgan fingerprint density at radius 1 is 1.13 bits per heavy atom. The van der Waals surface area contributed by atoms with Gasteiger partial charge < -0.3 is 4.98 Å². The molecule has 1 N–H and O–H groups in total. The van der Waals surface area contributed by atoms with Crippen molar-refractivity contribution in [3.8, 4) is 11.5 Å². The average Bonchev–Trinajstić information content (AvgIpc) is 2.56. The van der Waals surface area contributed by atoms with Gasteiger partial charge in [0.15, 0.2) is 0 Å². The molecular formula is C13H15NSi. The quantitative estimate of drug-likeness (QED) is 0.510. The van der Waals surface area contributed by atoms with Gasteiger partial charge >= 0.3 is 0 Å². The molecule has 1 nitrogen and oxygen atoms in total. The van der Waals surface area contributed by atoms with Crippen LogP contribution in [0, 0.1) is 11.5 Å². The Labute approximate surface area is 91.5 Å². The summed E-state index contributed by atoms with van der Waals surface area (Å²) in [6.07, 6.45) is 0. The van der Waals surface area contributed by atoms with Crippen molar-refractivity contribution >= 4 is 19.0 Å². The fraction of sp³-hybridized carbons (Fsp3) is 0.231. The molecule has 0 radical (unpaired) electrons. The maximum Gasteiger partial charge on any atom is 0.129 e. The summed E-state index contributed by atoms with van der Waals surface area (Å²) < 4.78 is 0. The lowest BCUT2D eigenvalue weighted by Gasteiger charge is -2.02. The number of nitrogens with one attached hydrogen (secondary N) is 1. The maximum atomic E-state index is 3.36. The van der Waals surface area contributed by atoms with Crippen LogP contribution in [0.25, 0.3) is 10.9 Å². The summed E-state index contributed by atoms with van der Waals surface area (Å²) in [5.41, 5.74) is 5.55. The highest BCUT2D eigenvalue weighted by atomic mass is 28.3. The second-order valence-electron chi connectivity index (χ2n) is 4.77. The van der Waals surface area contributed by atoms with Crippen LogP contribution in [0.4, 0.5) is 0 Å². The molecule has 0 aliphatic rings. The molecule has 0 aliphatic carbocycles. The van der Waals surface area contributed by atoms with Gasteiger partial charge in [0, 0.05) is 10.9 Å². The second kappa shape index (κ2) is 3.60. The standard InChI is InChI=1S/C13H15NSi/c1-15(2,3)9-8-12-10-11-6-4-5-7-13(11)14-12/h4-7,10,14H,1-3H3. The van der Waals surface area contributed by atoms with Crippen LogP contribution in [0.2, 0.25) is 19.6 Å². The van der Waals surface area contributed by atoms with Crippen molar-refractivity contribution < 1.29 is 0 Å². The molecule has 0 aliphatic heterocycles. The number of benzene rings is 1. The second-order valence-corrected chi connectivity index (χ2v) is 9.52. The van der Waals surface area contributed by atoms with E-state index in [9.17, 15) is 0 Å². The molecule has 2 aromatic rings. The molecule has 0 fully saturated rings. The Bertz CT molecular complexity index is 502. The van der Waals surface area contributed by atoms with Gasteiger partial charge in [0.25, 0.3) is 0 Å². The summed E-state index contributed by atoms with van der Waals surface area (Å²) in [6, 6.07) is 10.4. The van der Waals surface area contributed by atoms with Gasteiger partial charge in [-0.3, -0.25) is 0 Å². The molecule has 0 saturated heterocycles. The summed E-state index contributed by atoms with van der Waals surface area (Å²) in [5.74, 6) is 3.23. The lowest BCUT2D eigenvalue weighted by atomic mass is 10.2. The van der Waals surface area contributed by atoms with Gasteiger partial charge in [0.1, 0.15) is 8.07 Å². The van der Waals surface area contributed by atoms with Crippen LogP contribution in [0.3, 0.4) is 0 Å². The largest absolute Gasteiger partial charge is 0.348 e. The van der Waals surface area contributed by atoms with E-state index in [1.807, 2.05) is 12.1 Å². The fourth-order valence-corrected chi connectivity index (χ4v) is 1.91. The summed E-state index contributed by atoms with van der Waals surface area (Å²) in [7, 11) is -1.27. The predicted octanol–water partition coefficient (Wildman–Crippen LogP) is 3.40. The van der Waals surface area contributed by atoms with E-state index >= 15 is 0 Å². The molecule has 0 atom stereocenters. The molecule has 0 bridgehead atoms. The smallest absolute Gasteiger partial charge is 0.129 e. The zero-order chi connectivity index (χ0) is 10.9. The molecule has 15 heavy (non-hydrogen) atoms. The third-order valence-corrected chi connectivity index (χ3v) is 2.98. The Morgan fingerprint density at radius 2 is 1.87 bits per heavy atom. The lowest BCUT2D eigenvalue weighted by molar-refractivity contribution is 1.42. The van der Waals surface area contributed by atoms with Crippen LogP contribution >= 0.6 is 0 Å². The molecule has 76 valence electrons. The van der Waals surface area contributed by atoms with Gasteiger partial charge in [0.2, 0.25) is 0 Å². The van der Waals surface area contributed by atoms with Crippen LogP contribution in [0.1, 0.15) is 5.69 Å². The third-order valence-electron chi connectivity index (χ3n) is 2.10. The van der Waals surface area contributed by atoms with E-state index < -0.39 is 8.07 Å². The summed E-state index contributed by atoms with van der Waals surface area (Å²) in [5, 5.41) is 1.23. The maximum absolute atomic E-state index is 3.36. The van der Waals surface area contributed by atoms with E-state index in [4.69, 9.17) is 0 Å². The minimum absolute atomic E-state index is 1.03. The summed E-state index contributed by atoms with van der Waals surface area (Å²) in [6.45, 7) is 6.76. The Morgan fingerprint density at radius 3 is 2.53 bits per heavy atom. The Hall–Kier alpha value is -1.46. The van der Waals surface area contributed by atoms with Crippen LogP contribution in [0.15, 0.2) is 30.3 Å². The molecule has 0 amide bonds. The molecule has 0 saturated carbocycles. The Kier molecular flexibility index (Phi) is 2.41. The van der Waals surface area contributed by atoms with Crippen molar-refractivity contribution in [1.29, 1.82) is 0 Å². The van der Waals surface area contributed by atoms with Gasteiger partial charge in [-0.15, -0.1) is 5.54 Å². The van der Waals surface area contributed by atoms with E-state index in [0.29, 0.717) is 0 Å². The highest BCUT2D eigenvalue weighted by molar-refractivity contribution is 6.83. The van der Waals surface area contributed by atoms with E-state index in [1.165, 1.54) is 5.39 Å². The molecule has 1 aromatic heterocycles. The molecule has 2 heteroatoms. The SMILES string of the molecule is C[Si](C)(C)C#Cc1cc2ccccc2[nH]1. The number of rotatable bonds is 0. The van der Waals surface area contributed by atoms with Gasteiger partial charge in [-0.05, 0) is 12.1 Å². The zero-order valence-electron chi connectivity index (χ0n) is 9.39. The fourth-order valence-electron chi connectivity index (χ4n) is 1.40. The summed E-state index contributed by atoms with van der Waals surface area (Å²) in [4.78, 5) is 3.32. The number of aromatic nitrogens is 1. The number of fused-ring (bicyclic) bond motifs is 1. The zero-order valence-corrected chi connectivity index (χ0v) is 10.4. The first kappa shape index (κ1) is 10.1. The minimum Gasteiger partial charge on any atom is -0.348 e. The highest BCUT2D eigenvalue weighted by Gasteiger charge is 2.07. The highest BCUT2D eigenvalue weighted by Crippen LogP contribution is 2.13. The first-order valence-electron chi connectivity index (χ1n) is 5.15. The number of hydrogen-bond donors (Lipinski definition) is 1. The first-order valence-corrected chi connectivity index (χ1v) is 8.65. The number of hydrogen-bond acceptors (Lipinski definition) is 0. The first-order chi connectivity index (χ1) is 7.04. The van der Waals surface area contributed by atoms with E-state index in [2.05, 4.69) is 54.3 Å². The molecule has 0 spiro atoms. The molecular weight excluding hydrogens is 198 g/mol. The van der Waals surface area contributed by atoms with Gasteiger partial charge in [0.05, 0.1) is 5.69 Å². The van der Waals surface area contributed by atoms with E-state index in [1.54, 1.807) is 0 Å². The van der Waals surface area contributed by atoms with E-state index in [0.717, 1.165) is 11.2 Å². The van der Waals surface area contributed by atoms with Gasteiger partial charge in [-0.25, -0.2) is 0 Å². The Balaban J connectivity index is 2.41. The van der Waals surface area contributed by atoms with Crippen molar-refractivity contribution in [2.45, 2.75) is 19.6 Å². The van der Waals surface area contributed by atoms with Crippen LogP contribution < -0.4 is 0 Å². The van der Waals surface area contributed by atoms with Crippen LogP contribution in [-0.4, -0.2) is 13.1 Å². The van der Waals surface area contributed by atoms with Crippen molar-refractivity contribution in [2.75, 3.05) is 0 Å². The average molecular weight is 213 g/mol. The van der Waals surface area contributed by atoms with Crippen molar-refractivity contribution in [3.63, 3.8) is 0 Å². The van der Waals surface area contributed by atoms with Crippen LogP contribution in [0.5, 0.6) is 0 Å². The van der Waals surface area contributed by atoms with E-state index in [-0.39, 0.29) is 0 Å². The normalized spacial score (nSPS) is 11.1. The number of para-hydroxylation sites is 1. The minimum atomic E-state index is -1.27. The number of H-pyrrole nitrogens is 1. The molecule has 1 aromatic carbocycles. The van der Waals surface area contributed by atoms with Crippen LogP contribution in [-0.2, 0) is 0 Å². The third kappa shape index (κ3) is 2.51. The summed E-state index contributed by atoms with van der Waals surface area (Å²) >= 11 is 0. The molecule has 0 unspecified atom stereocenters. The van der Waals surface area contributed by atoms with Gasteiger partial charge in [-0.1, -0.05) is 43.8 Å².